The highest BCUT2D eigenvalue weighted by Crippen LogP contribution is 2.18. The van der Waals surface area contributed by atoms with Gasteiger partial charge < -0.3 is 9.84 Å². The third-order valence-corrected chi connectivity index (χ3v) is 2.16. The van der Waals surface area contributed by atoms with Crippen molar-refractivity contribution in [1.29, 1.82) is 0 Å². The van der Waals surface area contributed by atoms with E-state index in [0.29, 0.717) is 18.9 Å². The Hall–Kier alpha value is -0.680. The Morgan fingerprint density at radius 3 is 2.80 bits per heavy atom. The quantitative estimate of drug-likeness (QED) is 0.660. The Balaban J connectivity index is 2.71. The Morgan fingerprint density at radius 2 is 2.20 bits per heavy atom. The van der Waals surface area contributed by atoms with Gasteiger partial charge in [0.2, 0.25) is 5.88 Å². The van der Waals surface area contributed by atoms with Gasteiger partial charge in [-0.05, 0) is 15.9 Å². The number of hydrogen-bond acceptors (Lipinski definition) is 4. The molecule has 0 aliphatic heterocycles. The standard InChI is InChI=1S/C10H15BrN2O2/c1-7(2)10-12-8(11)6-9(13-10)15-5-3-4-14/h6-7,14H,3-5H2,1-2H3. The minimum absolute atomic E-state index is 0.128. The van der Waals surface area contributed by atoms with Crippen LogP contribution in [0.5, 0.6) is 5.88 Å². The molecule has 0 saturated carbocycles. The predicted octanol–water partition coefficient (Wildman–Crippen LogP) is 2.12. The van der Waals surface area contributed by atoms with Gasteiger partial charge in [-0.1, -0.05) is 13.8 Å². The molecule has 0 saturated heterocycles. The van der Waals surface area contributed by atoms with Gasteiger partial charge >= 0.3 is 0 Å². The number of aliphatic hydroxyl groups excluding tert-OH is 1. The molecule has 0 unspecified atom stereocenters. The summed E-state index contributed by atoms with van der Waals surface area (Å²) in [7, 11) is 0. The topological polar surface area (TPSA) is 55.2 Å². The number of ether oxygens (including phenoxy) is 1. The van der Waals surface area contributed by atoms with E-state index in [1.807, 2.05) is 13.8 Å². The maximum absolute atomic E-state index is 8.62. The van der Waals surface area contributed by atoms with Crippen LogP contribution in [0, 0.1) is 0 Å². The molecule has 0 atom stereocenters. The summed E-state index contributed by atoms with van der Waals surface area (Å²) in [6.07, 6.45) is 0.610. The largest absolute Gasteiger partial charge is 0.477 e. The minimum Gasteiger partial charge on any atom is -0.477 e. The van der Waals surface area contributed by atoms with Crippen LogP contribution in [-0.4, -0.2) is 28.3 Å². The molecule has 0 amide bonds. The zero-order valence-corrected chi connectivity index (χ0v) is 10.5. The van der Waals surface area contributed by atoms with E-state index >= 15 is 0 Å². The Labute approximate surface area is 97.8 Å². The minimum atomic E-state index is 0.128. The van der Waals surface area contributed by atoms with E-state index in [9.17, 15) is 0 Å². The van der Waals surface area contributed by atoms with Crippen LogP contribution in [0.25, 0.3) is 0 Å². The van der Waals surface area contributed by atoms with Gasteiger partial charge in [0, 0.05) is 25.0 Å². The summed E-state index contributed by atoms with van der Waals surface area (Å²) in [6, 6.07) is 1.73. The lowest BCUT2D eigenvalue weighted by Gasteiger charge is -2.08. The van der Waals surface area contributed by atoms with Gasteiger partial charge in [-0.15, -0.1) is 0 Å². The van der Waals surface area contributed by atoms with Gasteiger partial charge in [0.1, 0.15) is 10.4 Å². The number of nitrogens with zero attached hydrogens (tertiary/aromatic N) is 2. The Morgan fingerprint density at radius 1 is 1.47 bits per heavy atom. The smallest absolute Gasteiger partial charge is 0.217 e. The second-order valence-electron chi connectivity index (χ2n) is 3.47. The van der Waals surface area contributed by atoms with Crippen molar-refractivity contribution in [3.05, 3.63) is 16.5 Å². The van der Waals surface area contributed by atoms with Crippen molar-refractivity contribution in [2.45, 2.75) is 26.2 Å². The molecule has 0 aliphatic rings. The molecule has 1 N–H and O–H groups in total. The molecule has 0 fully saturated rings. The average Bonchev–Trinajstić information content (AvgIpc) is 2.17. The molecule has 1 rings (SSSR count). The summed E-state index contributed by atoms with van der Waals surface area (Å²) < 4.78 is 6.10. The zero-order valence-electron chi connectivity index (χ0n) is 8.90. The number of aromatic nitrogens is 2. The second kappa shape index (κ2) is 6.02. The van der Waals surface area contributed by atoms with E-state index in [0.717, 1.165) is 10.4 Å². The van der Waals surface area contributed by atoms with Crippen molar-refractivity contribution in [3.8, 4) is 5.88 Å². The zero-order chi connectivity index (χ0) is 11.3. The molecule has 4 nitrogen and oxygen atoms in total. The molecule has 1 aromatic rings. The van der Waals surface area contributed by atoms with E-state index in [4.69, 9.17) is 9.84 Å². The van der Waals surface area contributed by atoms with Crippen molar-refractivity contribution in [2.24, 2.45) is 0 Å². The fourth-order valence-electron chi connectivity index (χ4n) is 0.987. The van der Waals surface area contributed by atoms with Gasteiger partial charge in [-0.25, -0.2) is 4.98 Å². The summed E-state index contributed by atoms with van der Waals surface area (Å²) in [5.74, 6) is 1.57. The van der Waals surface area contributed by atoms with Crippen LogP contribution in [0.2, 0.25) is 0 Å². The molecule has 1 aromatic heterocycles. The summed E-state index contributed by atoms with van der Waals surface area (Å²) in [5, 5.41) is 8.62. The number of aliphatic hydroxyl groups is 1. The summed E-state index contributed by atoms with van der Waals surface area (Å²) in [4.78, 5) is 8.50. The number of halogens is 1. The SMILES string of the molecule is CC(C)c1nc(Br)cc(OCCCO)n1. The first kappa shape index (κ1) is 12.4. The summed E-state index contributed by atoms with van der Waals surface area (Å²) in [6.45, 7) is 4.65. The lowest BCUT2D eigenvalue weighted by molar-refractivity contribution is 0.228. The van der Waals surface area contributed by atoms with Crippen LogP contribution in [0.1, 0.15) is 32.0 Å². The molecular weight excluding hydrogens is 260 g/mol. The first-order valence-electron chi connectivity index (χ1n) is 4.91. The third-order valence-electron chi connectivity index (χ3n) is 1.76. The van der Waals surface area contributed by atoms with Crippen LogP contribution in [0.4, 0.5) is 0 Å². The average molecular weight is 275 g/mol. The van der Waals surface area contributed by atoms with E-state index in [-0.39, 0.29) is 12.5 Å². The van der Waals surface area contributed by atoms with E-state index in [1.54, 1.807) is 6.07 Å². The maximum atomic E-state index is 8.62. The number of rotatable bonds is 5. The van der Waals surface area contributed by atoms with Gasteiger partial charge in [0.25, 0.3) is 0 Å². The Kier molecular flexibility index (Phi) is 4.98. The first-order valence-corrected chi connectivity index (χ1v) is 5.71. The van der Waals surface area contributed by atoms with Gasteiger partial charge in [-0.3, -0.25) is 0 Å². The van der Waals surface area contributed by atoms with Crippen molar-refractivity contribution in [2.75, 3.05) is 13.2 Å². The van der Waals surface area contributed by atoms with Crippen molar-refractivity contribution >= 4 is 15.9 Å². The van der Waals surface area contributed by atoms with Gasteiger partial charge in [-0.2, -0.15) is 4.98 Å². The molecule has 15 heavy (non-hydrogen) atoms. The van der Waals surface area contributed by atoms with E-state index in [1.165, 1.54) is 0 Å². The molecule has 1 heterocycles. The predicted molar refractivity (Wildman–Crippen MR) is 61.0 cm³/mol. The van der Waals surface area contributed by atoms with Crippen molar-refractivity contribution in [1.82, 2.24) is 9.97 Å². The summed E-state index contributed by atoms with van der Waals surface area (Å²) >= 11 is 3.31. The molecular formula is C10H15BrN2O2. The fraction of sp³-hybridized carbons (Fsp3) is 0.600. The summed E-state index contributed by atoms with van der Waals surface area (Å²) in [5.41, 5.74) is 0. The monoisotopic (exact) mass is 274 g/mol. The van der Waals surface area contributed by atoms with Crippen LogP contribution < -0.4 is 4.74 Å². The highest BCUT2D eigenvalue weighted by molar-refractivity contribution is 9.10. The molecule has 0 aliphatic carbocycles. The van der Waals surface area contributed by atoms with Crippen molar-refractivity contribution < 1.29 is 9.84 Å². The normalized spacial score (nSPS) is 10.7. The van der Waals surface area contributed by atoms with E-state index in [2.05, 4.69) is 25.9 Å². The van der Waals surface area contributed by atoms with Gasteiger partial charge in [0.15, 0.2) is 0 Å². The highest BCUT2D eigenvalue weighted by atomic mass is 79.9. The van der Waals surface area contributed by atoms with Crippen LogP contribution in [0.3, 0.4) is 0 Å². The second-order valence-corrected chi connectivity index (χ2v) is 4.28. The molecule has 84 valence electrons. The highest BCUT2D eigenvalue weighted by Gasteiger charge is 2.07. The third kappa shape index (κ3) is 4.13. The maximum Gasteiger partial charge on any atom is 0.217 e. The van der Waals surface area contributed by atoms with Crippen molar-refractivity contribution in [3.63, 3.8) is 0 Å². The van der Waals surface area contributed by atoms with Crippen LogP contribution in [0.15, 0.2) is 10.7 Å². The van der Waals surface area contributed by atoms with Crippen LogP contribution >= 0.6 is 15.9 Å². The molecule has 0 radical (unpaired) electrons. The van der Waals surface area contributed by atoms with Crippen LogP contribution in [-0.2, 0) is 0 Å². The lowest BCUT2D eigenvalue weighted by Crippen LogP contribution is -2.05. The molecule has 0 spiro atoms. The lowest BCUT2D eigenvalue weighted by atomic mass is 10.2. The Bertz CT molecular complexity index is 318. The molecule has 0 bridgehead atoms. The van der Waals surface area contributed by atoms with E-state index < -0.39 is 0 Å². The van der Waals surface area contributed by atoms with Gasteiger partial charge in [0.05, 0.1) is 6.61 Å². The molecule has 0 aromatic carbocycles. The molecule has 5 heteroatoms. The first-order chi connectivity index (χ1) is 7.13. The fourth-order valence-corrected chi connectivity index (χ4v) is 1.36. The number of hydrogen-bond donors (Lipinski definition) is 1.